The van der Waals surface area contributed by atoms with Crippen LogP contribution in [0.15, 0.2) is 18.5 Å². The molecule has 4 nitrogen and oxygen atoms in total. The average molecular weight is 196 g/mol. The van der Waals surface area contributed by atoms with Crippen molar-refractivity contribution >= 4 is 5.97 Å². The van der Waals surface area contributed by atoms with Gasteiger partial charge in [-0.1, -0.05) is 20.8 Å². The van der Waals surface area contributed by atoms with E-state index < -0.39 is 5.97 Å². The van der Waals surface area contributed by atoms with Crippen molar-refractivity contribution in [2.75, 3.05) is 0 Å². The van der Waals surface area contributed by atoms with Crippen LogP contribution >= 0.6 is 0 Å². The van der Waals surface area contributed by atoms with Crippen molar-refractivity contribution in [2.45, 2.75) is 33.2 Å². The number of carboxylic acids is 1. The van der Waals surface area contributed by atoms with Crippen LogP contribution in [0.3, 0.4) is 0 Å². The average Bonchev–Trinajstić information content (AvgIpc) is 2.49. The van der Waals surface area contributed by atoms with Gasteiger partial charge < -0.3 is 5.11 Å². The van der Waals surface area contributed by atoms with Crippen LogP contribution in [0, 0.1) is 5.41 Å². The van der Waals surface area contributed by atoms with Crippen molar-refractivity contribution < 1.29 is 9.90 Å². The Kier molecular flexibility index (Phi) is 2.93. The quantitative estimate of drug-likeness (QED) is 0.803. The second-order valence-electron chi connectivity index (χ2n) is 4.47. The van der Waals surface area contributed by atoms with Crippen molar-refractivity contribution in [3.8, 4) is 0 Å². The molecule has 1 atom stereocenters. The molecule has 0 bridgehead atoms. The van der Waals surface area contributed by atoms with Crippen LogP contribution in [0.25, 0.3) is 0 Å². The van der Waals surface area contributed by atoms with Gasteiger partial charge in [0.15, 0.2) is 0 Å². The lowest BCUT2D eigenvalue weighted by atomic mass is 9.85. The summed E-state index contributed by atoms with van der Waals surface area (Å²) in [5, 5.41) is 12.9. The van der Waals surface area contributed by atoms with Crippen molar-refractivity contribution in [2.24, 2.45) is 5.41 Å². The molecule has 0 saturated heterocycles. The van der Waals surface area contributed by atoms with Crippen LogP contribution in [0.2, 0.25) is 0 Å². The lowest BCUT2D eigenvalue weighted by Gasteiger charge is -2.29. The Hall–Kier alpha value is -1.32. The number of nitrogens with zero attached hydrogens (tertiary/aromatic N) is 2. The highest BCUT2D eigenvalue weighted by Gasteiger charge is 2.28. The molecule has 78 valence electrons. The van der Waals surface area contributed by atoms with Gasteiger partial charge in [0.2, 0.25) is 0 Å². The predicted molar refractivity (Wildman–Crippen MR) is 53.0 cm³/mol. The first-order chi connectivity index (χ1) is 6.41. The van der Waals surface area contributed by atoms with Crippen LogP contribution in [-0.4, -0.2) is 20.9 Å². The second kappa shape index (κ2) is 3.82. The van der Waals surface area contributed by atoms with Gasteiger partial charge in [-0.15, -0.1) is 0 Å². The molecule has 4 heteroatoms. The standard InChI is InChI=1S/C10H16N2O2/c1-10(2,3)8(7-9(13)14)12-6-4-5-11-12/h4-6,8H,7H2,1-3H3,(H,13,14). The number of aromatic nitrogens is 2. The van der Waals surface area contributed by atoms with Crippen molar-refractivity contribution in [3.05, 3.63) is 18.5 Å². The van der Waals surface area contributed by atoms with Gasteiger partial charge in [0.25, 0.3) is 0 Å². The number of hydrogen-bond acceptors (Lipinski definition) is 2. The Morgan fingerprint density at radius 1 is 1.57 bits per heavy atom. The van der Waals surface area contributed by atoms with Crippen LogP contribution < -0.4 is 0 Å². The number of carboxylic acid groups (broad SMARTS) is 1. The highest BCUT2D eigenvalue weighted by atomic mass is 16.4. The van der Waals surface area contributed by atoms with E-state index in [9.17, 15) is 4.79 Å². The molecular weight excluding hydrogens is 180 g/mol. The minimum Gasteiger partial charge on any atom is -0.481 e. The van der Waals surface area contributed by atoms with E-state index in [-0.39, 0.29) is 17.9 Å². The summed E-state index contributed by atoms with van der Waals surface area (Å²) in [5.41, 5.74) is -0.107. The predicted octanol–water partition coefficient (Wildman–Crippen LogP) is 1.95. The molecule has 1 heterocycles. The molecule has 0 fully saturated rings. The Morgan fingerprint density at radius 3 is 2.57 bits per heavy atom. The van der Waals surface area contributed by atoms with E-state index in [0.29, 0.717) is 0 Å². The maximum Gasteiger partial charge on any atom is 0.305 e. The first-order valence-corrected chi connectivity index (χ1v) is 4.62. The Balaban J connectivity index is 2.89. The number of hydrogen-bond donors (Lipinski definition) is 1. The lowest BCUT2D eigenvalue weighted by Crippen LogP contribution is -2.27. The third-order valence-corrected chi connectivity index (χ3v) is 2.21. The van der Waals surface area contributed by atoms with Crippen molar-refractivity contribution in [3.63, 3.8) is 0 Å². The zero-order valence-electron chi connectivity index (χ0n) is 8.77. The van der Waals surface area contributed by atoms with E-state index in [4.69, 9.17) is 5.11 Å². The molecule has 0 saturated carbocycles. The Morgan fingerprint density at radius 2 is 2.21 bits per heavy atom. The first kappa shape index (κ1) is 10.8. The molecule has 0 aliphatic carbocycles. The summed E-state index contributed by atoms with van der Waals surface area (Å²) in [6.45, 7) is 6.05. The number of carbonyl (C=O) groups is 1. The molecule has 1 aromatic rings. The number of rotatable bonds is 3. The van der Waals surface area contributed by atoms with Crippen LogP contribution in [0.5, 0.6) is 0 Å². The molecule has 0 aliphatic rings. The molecular formula is C10H16N2O2. The van der Waals surface area contributed by atoms with E-state index in [0.717, 1.165) is 0 Å². The summed E-state index contributed by atoms with van der Waals surface area (Å²) in [5.74, 6) is -0.791. The minimum atomic E-state index is -0.791. The van der Waals surface area contributed by atoms with Crippen LogP contribution in [0.4, 0.5) is 0 Å². The topological polar surface area (TPSA) is 55.1 Å². The summed E-state index contributed by atoms with van der Waals surface area (Å²) in [4.78, 5) is 10.7. The summed E-state index contributed by atoms with van der Waals surface area (Å²) in [7, 11) is 0. The molecule has 0 radical (unpaired) electrons. The smallest absolute Gasteiger partial charge is 0.305 e. The largest absolute Gasteiger partial charge is 0.481 e. The van der Waals surface area contributed by atoms with E-state index in [1.807, 2.05) is 20.8 Å². The highest BCUT2D eigenvalue weighted by Crippen LogP contribution is 2.32. The third-order valence-electron chi connectivity index (χ3n) is 2.21. The molecule has 1 rings (SSSR count). The zero-order chi connectivity index (χ0) is 10.8. The minimum absolute atomic E-state index is 0.102. The van der Waals surface area contributed by atoms with Gasteiger partial charge in [0.1, 0.15) is 0 Å². The summed E-state index contributed by atoms with van der Waals surface area (Å²) in [6.07, 6.45) is 3.57. The molecule has 1 unspecified atom stereocenters. The maximum absolute atomic E-state index is 10.7. The molecule has 0 spiro atoms. The molecule has 0 amide bonds. The zero-order valence-corrected chi connectivity index (χ0v) is 8.77. The van der Waals surface area contributed by atoms with Crippen LogP contribution in [0.1, 0.15) is 33.2 Å². The summed E-state index contributed by atoms with van der Waals surface area (Å²) >= 11 is 0. The van der Waals surface area contributed by atoms with Gasteiger partial charge in [0, 0.05) is 12.4 Å². The monoisotopic (exact) mass is 196 g/mol. The van der Waals surface area contributed by atoms with Crippen molar-refractivity contribution in [1.29, 1.82) is 0 Å². The van der Waals surface area contributed by atoms with Gasteiger partial charge in [-0.2, -0.15) is 5.10 Å². The molecule has 14 heavy (non-hydrogen) atoms. The third kappa shape index (κ3) is 2.58. The van der Waals surface area contributed by atoms with Gasteiger partial charge in [-0.25, -0.2) is 0 Å². The molecule has 0 aliphatic heterocycles. The molecule has 1 N–H and O–H groups in total. The van der Waals surface area contributed by atoms with Crippen molar-refractivity contribution in [1.82, 2.24) is 9.78 Å². The Bertz CT molecular complexity index is 298. The highest BCUT2D eigenvalue weighted by molar-refractivity contribution is 5.67. The van der Waals surface area contributed by atoms with E-state index in [1.165, 1.54) is 0 Å². The number of aliphatic carboxylic acids is 1. The normalized spacial score (nSPS) is 13.9. The maximum atomic E-state index is 10.7. The fourth-order valence-electron chi connectivity index (χ4n) is 1.43. The van der Waals surface area contributed by atoms with E-state index >= 15 is 0 Å². The van der Waals surface area contributed by atoms with Gasteiger partial charge in [-0.3, -0.25) is 9.48 Å². The fourth-order valence-corrected chi connectivity index (χ4v) is 1.43. The van der Waals surface area contributed by atoms with E-state index in [2.05, 4.69) is 5.10 Å². The fraction of sp³-hybridized carbons (Fsp3) is 0.600. The molecule has 0 aromatic carbocycles. The van der Waals surface area contributed by atoms with E-state index in [1.54, 1.807) is 23.1 Å². The summed E-state index contributed by atoms with van der Waals surface area (Å²) < 4.78 is 1.72. The Labute approximate surface area is 83.5 Å². The lowest BCUT2D eigenvalue weighted by molar-refractivity contribution is -0.138. The second-order valence-corrected chi connectivity index (χ2v) is 4.47. The molecule has 1 aromatic heterocycles. The van der Waals surface area contributed by atoms with Gasteiger partial charge >= 0.3 is 5.97 Å². The van der Waals surface area contributed by atoms with Gasteiger partial charge in [0.05, 0.1) is 12.5 Å². The summed E-state index contributed by atoms with van der Waals surface area (Å²) in [6, 6.07) is 1.70. The first-order valence-electron chi connectivity index (χ1n) is 4.62. The van der Waals surface area contributed by atoms with Gasteiger partial charge in [-0.05, 0) is 11.5 Å². The SMILES string of the molecule is CC(C)(C)C(CC(=O)O)n1cccn1. The van der Waals surface area contributed by atoms with Crippen LogP contribution in [-0.2, 0) is 4.79 Å².